The van der Waals surface area contributed by atoms with Crippen molar-refractivity contribution in [2.24, 2.45) is 0 Å². The van der Waals surface area contributed by atoms with Crippen LogP contribution in [-0.4, -0.2) is 74.9 Å². The summed E-state index contributed by atoms with van der Waals surface area (Å²) in [5, 5.41) is 0. The molecule has 2 fully saturated rings. The van der Waals surface area contributed by atoms with Crippen LogP contribution in [0, 0.1) is 0 Å². The molecule has 0 bridgehead atoms. The number of carbonyl (C=O) groups excluding carboxylic acids is 2. The van der Waals surface area contributed by atoms with Gasteiger partial charge in [-0.05, 0) is 19.4 Å². The van der Waals surface area contributed by atoms with Crippen LogP contribution in [0.4, 0.5) is 13.2 Å². The zero-order valence-corrected chi connectivity index (χ0v) is 14.7. The molecule has 0 saturated carbocycles. The van der Waals surface area contributed by atoms with Crippen LogP contribution < -0.4 is 0 Å². The molecule has 0 aromatic heterocycles. The Labute approximate surface area is 143 Å². The highest BCUT2D eigenvalue weighted by atomic mass is 32.8. The maximum Gasteiger partial charge on any atom is 0.486 e. The van der Waals surface area contributed by atoms with E-state index in [1.807, 2.05) is 4.90 Å². The van der Waals surface area contributed by atoms with Crippen LogP contribution in [0.25, 0.3) is 0 Å². The minimum absolute atomic E-state index is 0.0105. The molecule has 0 aromatic rings. The van der Waals surface area contributed by atoms with Crippen LogP contribution in [0.5, 0.6) is 0 Å². The standard InChI is InChI=1S/C13H20F3N3O3S2/c14-13(15,16)24(22,23)18-9-7-17(8-10-18)5-2-6-19-11(20)3-1-4-12(19)21/h1-10H2. The van der Waals surface area contributed by atoms with Crippen LogP contribution in [0.15, 0.2) is 0 Å². The lowest BCUT2D eigenvalue weighted by Crippen LogP contribution is -2.52. The number of alkyl halides is 3. The van der Waals surface area contributed by atoms with E-state index in [9.17, 15) is 27.0 Å². The fraction of sp³-hybridized carbons (Fsp3) is 0.846. The highest BCUT2D eigenvalue weighted by Crippen LogP contribution is 2.28. The Balaban J connectivity index is 1.76. The lowest BCUT2D eigenvalue weighted by atomic mass is 10.1. The van der Waals surface area contributed by atoms with E-state index < -0.39 is 14.2 Å². The van der Waals surface area contributed by atoms with Crippen LogP contribution in [-0.2, 0) is 29.5 Å². The topological polar surface area (TPSA) is 60.9 Å². The van der Waals surface area contributed by atoms with Crippen LogP contribution in [0.2, 0.25) is 0 Å². The third-order valence-corrected chi connectivity index (χ3v) is 7.03. The Morgan fingerprint density at radius 2 is 1.54 bits per heavy atom. The highest BCUT2D eigenvalue weighted by molar-refractivity contribution is 8.32. The van der Waals surface area contributed by atoms with Gasteiger partial charge in [-0.15, -0.1) is 0 Å². The normalized spacial score (nSPS) is 24.2. The average molecular weight is 387 g/mol. The number of hydrogen-bond acceptors (Lipinski definition) is 5. The zero-order valence-electron chi connectivity index (χ0n) is 13.1. The molecule has 6 nitrogen and oxygen atoms in total. The van der Waals surface area contributed by atoms with E-state index in [1.54, 1.807) is 0 Å². The molecule has 2 heterocycles. The first-order valence-corrected chi connectivity index (χ1v) is 10.2. The zero-order chi connectivity index (χ0) is 18.0. The molecule has 0 N–H and O–H groups in total. The molecule has 11 heteroatoms. The van der Waals surface area contributed by atoms with Crippen LogP contribution >= 0.6 is 0 Å². The van der Waals surface area contributed by atoms with E-state index in [4.69, 9.17) is 0 Å². The summed E-state index contributed by atoms with van der Waals surface area (Å²) in [4.78, 5) is 26.5. The molecule has 1 atom stereocenters. The second kappa shape index (κ2) is 7.63. The number of nitrogens with zero attached hydrogens (tertiary/aromatic N) is 3. The van der Waals surface area contributed by atoms with Gasteiger partial charge in [0, 0.05) is 56.8 Å². The molecular formula is C13H20F3N3O3S2. The molecule has 24 heavy (non-hydrogen) atoms. The highest BCUT2D eigenvalue weighted by Gasteiger charge is 2.46. The van der Waals surface area contributed by atoms with Gasteiger partial charge in [-0.25, -0.2) is 8.51 Å². The quantitative estimate of drug-likeness (QED) is 0.651. The molecule has 138 valence electrons. The molecule has 2 aliphatic heterocycles. The maximum atomic E-state index is 12.7. The molecule has 2 aliphatic rings. The van der Waals surface area contributed by atoms with Crippen molar-refractivity contribution in [2.75, 3.05) is 39.3 Å². The van der Waals surface area contributed by atoms with E-state index in [0.717, 1.165) is 4.31 Å². The Bertz CT molecular complexity index is 571. The molecule has 2 rings (SSSR count). The molecule has 1 unspecified atom stereocenters. The fourth-order valence-corrected chi connectivity index (χ4v) is 4.23. The lowest BCUT2D eigenvalue weighted by Gasteiger charge is -2.35. The van der Waals surface area contributed by atoms with E-state index in [0.29, 0.717) is 51.9 Å². The van der Waals surface area contributed by atoms with Gasteiger partial charge in [0.25, 0.3) is 0 Å². The molecule has 2 saturated heterocycles. The Morgan fingerprint density at radius 1 is 1.00 bits per heavy atom. The van der Waals surface area contributed by atoms with Crippen molar-refractivity contribution < 1.29 is 27.0 Å². The van der Waals surface area contributed by atoms with E-state index >= 15 is 0 Å². The smallest absolute Gasteiger partial charge is 0.301 e. The number of hydrogen-bond donors (Lipinski definition) is 0. The van der Waals surface area contributed by atoms with Gasteiger partial charge in [-0.2, -0.15) is 13.2 Å². The van der Waals surface area contributed by atoms with E-state index in [1.165, 1.54) is 4.90 Å². The lowest BCUT2D eigenvalue weighted by molar-refractivity contribution is -0.148. The first-order valence-electron chi connectivity index (χ1n) is 7.75. The largest absolute Gasteiger partial charge is 0.486 e. The summed E-state index contributed by atoms with van der Waals surface area (Å²) in [6, 6.07) is 0. The van der Waals surface area contributed by atoms with Crippen molar-refractivity contribution in [1.82, 2.24) is 14.1 Å². The number of piperazine rings is 1. The van der Waals surface area contributed by atoms with Gasteiger partial charge in [0.15, 0.2) is 8.68 Å². The van der Waals surface area contributed by atoms with Crippen molar-refractivity contribution in [3.8, 4) is 0 Å². The van der Waals surface area contributed by atoms with Crippen LogP contribution in [0.3, 0.4) is 0 Å². The summed E-state index contributed by atoms with van der Waals surface area (Å²) in [6.45, 7) is 1.53. The van der Waals surface area contributed by atoms with Gasteiger partial charge in [-0.3, -0.25) is 14.5 Å². The summed E-state index contributed by atoms with van der Waals surface area (Å²) in [5.74, 6) is -0.320. The van der Waals surface area contributed by atoms with Gasteiger partial charge in [0.2, 0.25) is 11.8 Å². The molecule has 2 amide bonds. The second-order valence-electron chi connectivity index (χ2n) is 5.84. The van der Waals surface area contributed by atoms with Gasteiger partial charge >= 0.3 is 5.51 Å². The summed E-state index contributed by atoms with van der Waals surface area (Å²) in [6.07, 6.45) is 1.93. The van der Waals surface area contributed by atoms with Crippen LogP contribution in [0.1, 0.15) is 25.7 Å². The maximum absolute atomic E-state index is 12.7. The minimum Gasteiger partial charge on any atom is -0.301 e. The van der Waals surface area contributed by atoms with Crippen molar-refractivity contribution in [3.63, 3.8) is 0 Å². The molecule has 0 aliphatic carbocycles. The van der Waals surface area contributed by atoms with Gasteiger partial charge in [0.05, 0.1) is 0 Å². The molecular weight excluding hydrogens is 367 g/mol. The number of rotatable bonds is 5. The first-order chi connectivity index (χ1) is 11.1. The SMILES string of the molecule is O=C1CCCC(=O)N1CCCN1CCN(S(=O)(=S)C(F)(F)F)CC1. The average Bonchev–Trinajstić information content (AvgIpc) is 2.49. The van der Waals surface area contributed by atoms with Crippen molar-refractivity contribution in [2.45, 2.75) is 31.2 Å². The predicted octanol–water partition coefficient (Wildman–Crippen LogP) is 0.714. The summed E-state index contributed by atoms with van der Waals surface area (Å²) < 4.78 is 50.6. The van der Waals surface area contributed by atoms with E-state index in [2.05, 4.69) is 11.2 Å². The van der Waals surface area contributed by atoms with Gasteiger partial charge in [-0.1, -0.05) is 0 Å². The summed E-state index contributed by atoms with van der Waals surface area (Å²) >= 11 is 4.27. The van der Waals surface area contributed by atoms with Crippen molar-refractivity contribution in [3.05, 3.63) is 0 Å². The van der Waals surface area contributed by atoms with Gasteiger partial charge in [0.1, 0.15) is 0 Å². The van der Waals surface area contributed by atoms with Crippen molar-refractivity contribution in [1.29, 1.82) is 0 Å². The molecule has 0 radical (unpaired) electrons. The first kappa shape index (κ1) is 19.5. The molecule has 0 aromatic carbocycles. The number of imide groups is 1. The second-order valence-corrected chi connectivity index (χ2v) is 9.12. The Hall–Kier alpha value is -0.780. The fourth-order valence-electron chi connectivity index (χ4n) is 2.84. The van der Waals surface area contributed by atoms with Crippen molar-refractivity contribution >= 4 is 31.7 Å². The van der Waals surface area contributed by atoms with E-state index in [-0.39, 0.29) is 24.9 Å². The predicted molar refractivity (Wildman–Crippen MR) is 84.8 cm³/mol. The summed E-state index contributed by atoms with van der Waals surface area (Å²) in [7, 11) is -4.43. The monoisotopic (exact) mass is 387 g/mol. The number of amides is 2. The number of carbonyl (C=O) groups is 2. The number of likely N-dealkylation sites (tertiary alicyclic amines) is 1. The molecule has 0 spiro atoms. The number of halogens is 3. The Kier molecular flexibility index (Phi) is 6.21. The number of piperidine rings is 1. The minimum atomic E-state index is -4.90. The summed E-state index contributed by atoms with van der Waals surface area (Å²) in [5.41, 5.74) is -4.90. The van der Waals surface area contributed by atoms with Gasteiger partial charge < -0.3 is 4.90 Å². The Morgan fingerprint density at radius 3 is 2.04 bits per heavy atom. The third kappa shape index (κ3) is 4.44. The third-order valence-electron chi connectivity index (χ3n) is 4.20.